The maximum absolute atomic E-state index is 12.8. The van der Waals surface area contributed by atoms with E-state index in [9.17, 15) is 9.18 Å². The lowest BCUT2D eigenvalue weighted by molar-refractivity contribution is -0.120. The molecule has 1 amide bonds. The summed E-state index contributed by atoms with van der Waals surface area (Å²) in [6, 6.07) is 5.99. The summed E-state index contributed by atoms with van der Waals surface area (Å²) in [6.07, 6.45) is 2.14. The smallest absolute Gasteiger partial charge is 0.224 e. The second kappa shape index (κ2) is 7.49. The molecule has 19 heavy (non-hydrogen) atoms. The van der Waals surface area contributed by atoms with Crippen LogP contribution in [0.25, 0.3) is 0 Å². The van der Waals surface area contributed by atoms with Crippen LogP contribution in [0.1, 0.15) is 32.3 Å². The largest absolute Gasteiger partial charge is 0.355 e. The number of hydrogen-bond acceptors (Lipinski definition) is 1. The Kier molecular flexibility index (Phi) is 6.29. The first-order valence-electron chi connectivity index (χ1n) is 6.62. The van der Waals surface area contributed by atoms with Gasteiger partial charge in [0.25, 0.3) is 0 Å². The summed E-state index contributed by atoms with van der Waals surface area (Å²) in [4.78, 5) is 11.8. The second-order valence-corrected chi connectivity index (χ2v) is 5.19. The minimum atomic E-state index is -0.290. The first-order chi connectivity index (χ1) is 9.05. The lowest BCUT2D eigenvalue weighted by atomic mass is 9.84. The molecule has 106 valence electrons. The molecule has 0 aliphatic rings. The van der Waals surface area contributed by atoms with Gasteiger partial charge in [-0.2, -0.15) is 0 Å². The van der Waals surface area contributed by atoms with Gasteiger partial charge < -0.3 is 5.32 Å². The van der Waals surface area contributed by atoms with Gasteiger partial charge in [0.1, 0.15) is 5.82 Å². The van der Waals surface area contributed by atoms with Gasteiger partial charge in [-0.3, -0.25) is 4.79 Å². The molecule has 1 aromatic rings. The number of hydrogen-bond donors (Lipinski definition) is 1. The third kappa shape index (κ3) is 4.83. The third-order valence-electron chi connectivity index (χ3n) is 3.72. The van der Waals surface area contributed by atoms with E-state index in [-0.39, 0.29) is 23.6 Å². The number of amides is 1. The van der Waals surface area contributed by atoms with Crippen molar-refractivity contribution in [1.82, 2.24) is 5.32 Å². The molecular weight excluding hydrogens is 265 g/mol. The van der Waals surface area contributed by atoms with Gasteiger partial charge in [-0.15, -0.1) is 11.6 Å². The van der Waals surface area contributed by atoms with E-state index in [1.165, 1.54) is 12.1 Å². The highest BCUT2D eigenvalue weighted by Crippen LogP contribution is 2.26. The summed E-state index contributed by atoms with van der Waals surface area (Å²) >= 11 is 5.99. The van der Waals surface area contributed by atoms with Crippen molar-refractivity contribution in [3.05, 3.63) is 35.6 Å². The molecule has 0 aliphatic heterocycles. The number of rotatable bonds is 7. The van der Waals surface area contributed by atoms with Crippen LogP contribution in [0, 0.1) is 11.2 Å². The van der Waals surface area contributed by atoms with Crippen molar-refractivity contribution in [2.24, 2.45) is 5.41 Å². The van der Waals surface area contributed by atoms with Crippen LogP contribution < -0.4 is 5.32 Å². The van der Waals surface area contributed by atoms with Crippen molar-refractivity contribution < 1.29 is 9.18 Å². The topological polar surface area (TPSA) is 29.1 Å². The lowest BCUT2D eigenvalue weighted by Gasteiger charge is -2.29. The minimum Gasteiger partial charge on any atom is -0.355 e. The van der Waals surface area contributed by atoms with Crippen LogP contribution in [-0.4, -0.2) is 18.3 Å². The molecule has 0 bridgehead atoms. The number of benzene rings is 1. The van der Waals surface area contributed by atoms with Crippen molar-refractivity contribution in [2.75, 3.05) is 12.4 Å². The van der Waals surface area contributed by atoms with E-state index in [1.54, 1.807) is 12.1 Å². The van der Waals surface area contributed by atoms with Gasteiger partial charge in [-0.1, -0.05) is 26.0 Å². The maximum Gasteiger partial charge on any atom is 0.224 e. The standard InChI is InChI=1S/C15H21ClFNO/c1-3-15(4-2,10-16)11-18-14(19)9-12-5-7-13(17)8-6-12/h5-8H,3-4,9-11H2,1-2H3,(H,18,19). The Morgan fingerprint density at radius 1 is 1.26 bits per heavy atom. The van der Waals surface area contributed by atoms with E-state index < -0.39 is 0 Å². The zero-order chi connectivity index (χ0) is 14.3. The molecule has 0 saturated heterocycles. The number of alkyl halides is 1. The fourth-order valence-electron chi connectivity index (χ4n) is 1.87. The molecule has 0 spiro atoms. The monoisotopic (exact) mass is 285 g/mol. The Bertz CT molecular complexity index is 393. The zero-order valence-corrected chi connectivity index (χ0v) is 12.3. The molecule has 2 nitrogen and oxygen atoms in total. The van der Waals surface area contributed by atoms with E-state index in [0.29, 0.717) is 12.4 Å². The van der Waals surface area contributed by atoms with Crippen molar-refractivity contribution in [3.63, 3.8) is 0 Å². The fraction of sp³-hybridized carbons (Fsp3) is 0.533. The van der Waals surface area contributed by atoms with Crippen LogP contribution in [0.15, 0.2) is 24.3 Å². The van der Waals surface area contributed by atoms with Gasteiger partial charge in [0, 0.05) is 17.8 Å². The van der Waals surface area contributed by atoms with Crippen molar-refractivity contribution in [2.45, 2.75) is 33.1 Å². The maximum atomic E-state index is 12.8. The van der Waals surface area contributed by atoms with Crippen LogP contribution in [0.4, 0.5) is 4.39 Å². The summed E-state index contributed by atoms with van der Waals surface area (Å²) in [7, 11) is 0. The normalized spacial score (nSPS) is 11.4. The number of nitrogens with one attached hydrogen (secondary N) is 1. The third-order valence-corrected chi connectivity index (χ3v) is 4.29. The lowest BCUT2D eigenvalue weighted by Crippen LogP contribution is -2.38. The van der Waals surface area contributed by atoms with E-state index in [0.717, 1.165) is 18.4 Å². The van der Waals surface area contributed by atoms with Crippen LogP contribution >= 0.6 is 11.6 Å². The van der Waals surface area contributed by atoms with E-state index in [4.69, 9.17) is 11.6 Å². The SMILES string of the molecule is CCC(CC)(CCl)CNC(=O)Cc1ccc(F)cc1. The minimum absolute atomic E-state index is 0.0278. The molecule has 1 N–H and O–H groups in total. The Morgan fingerprint density at radius 3 is 2.32 bits per heavy atom. The van der Waals surface area contributed by atoms with E-state index in [1.807, 2.05) is 0 Å². The molecule has 4 heteroatoms. The Balaban J connectivity index is 2.49. The highest BCUT2D eigenvalue weighted by atomic mass is 35.5. The average Bonchev–Trinajstić information content (AvgIpc) is 2.44. The number of halogens is 2. The molecule has 0 atom stereocenters. The summed E-state index contributed by atoms with van der Waals surface area (Å²) in [5, 5.41) is 2.92. The van der Waals surface area contributed by atoms with Gasteiger partial charge in [-0.05, 0) is 30.5 Å². The second-order valence-electron chi connectivity index (χ2n) is 4.92. The molecule has 0 unspecified atom stereocenters. The Hall–Kier alpha value is -1.09. The highest BCUT2D eigenvalue weighted by molar-refractivity contribution is 6.18. The number of carbonyl (C=O) groups is 1. The quantitative estimate of drug-likeness (QED) is 0.763. The molecule has 0 aromatic heterocycles. The van der Waals surface area contributed by atoms with Crippen LogP contribution in [0.3, 0.4) is 0 Å². The average molecular weight is 286 g/mol. The van der Waals surface area contributed by atoms with Gasteiger partial charge in [-0.25, -0.2) is 4.39 Å². The first kappa shape index (κ1) is 16.0. The molecular formula is C15H21ClFNO. The van der Waals surface area contributed by atoms with Crippen molar-refractivity contribution in [3.8, 4) is 0 Å². The molecule has 0 heterocycles. The summed E-state index contributed by atoms with van der Waals surface area (Å²) in [5.41, 5.74) is 0.781. The molecule has 1 rings (SSSR count). The molecule has 0 aliphatic carbocycles. The fourth-order valence-corrected chi connectivity index (χ4v) is 2.34. The van der Waals surface area contributed by atoms with E-state index in [2.05, 4.69) is 19.2 Å². The van der Waals surface area contributed by atoms with Crippen molar-refractivity contribution >= 4 is 17.5 Å². The van der Waals surface area contributed by atoms with Gasteiger partial charge in [0.2, 0.25) is 5.91 Å². The van der Waals surface area contributed by atoms with Crippen LogP contribution in [-0.2, 0) is 11.2 Å². The zero-order valence-electron chi connectivity index (χ0n) is 11.5. The Morgan fingerprint density at radius 2 is 1.84 bits per heavy atom. The predicted molar refractivity (Wildman–Crippen MR) is 76.8 cm³/mol. The van der Waals surface area contributed by atoms with Crippen LogP contribution in [0.2, 0.25) is 0 Å². The number of carbonyl (C=O) groups excluding carboxylic acids is 1. The van der Waals surface area contributed by atoms with Gasteiger partial charge in [0.05, 0.1) is 6.42 Å². The molecule has 0 fully saturated rings. The van der Waals surface area contributed by atoms with E-state index >= 15 is 0 Å². The Labute approximate surface area is 119 Å². The molecule has 1 aromatic carbocycles. The summed E-state index contributed by atoms with van der Waals surface area (Å²) < 4.78 is 12.8. The van der Waals surface area contributed by atoms with Crippen LogP contribution in [0.5, 0.6) is 0 Å². The van der Waals surface area contributed by atoms with Gasteiger partial charge in [0.15, 0.2) is 0 Å². The molecule has 0 radical (unpaired) electrons. The molecule has 0 saturated carbocycles. The summed E-state index contributed by atoms with van der Waals surface area (Å²) in [5.74, 6) is 0.196. The predicted octanol–water partition coefficient (Wildman–Crippen LogP) is 3.53. The first-order valence-corrected chi connectivity index (χ1v) is 7.16. The van der Waals surface area contributed by atoms with Crippen molar-refractivity contribution in [1.29, 1.82) is 0 Å². The summed E-state index contributed by atoms with van der Waals surface area (Å²) in [6.45, 7) is 4.75. The highest BCUT2D eigenvalue weighted by Gasteiger charge is 2.25. The van der Waals surface area contributed by atoms with Gasteiger partial charge >= 0.3 is 0 Å².